The van der Waals surface area contributed by atoms with Crippen LogP contribution in [0.2, 0.25) is 0 Å². The van der Waals surface area contributed by atoms with Crippen LogP contribution < -0.4 is 5.32 Å². The number of esters is 1. The number of unbranched alkanes of at least 4 members (excludes halogenated alkanes) is 1. The molecule has 1 atom stereocenters. The van der Waals surface area contributed by atoms with E-state index in [0.717, 1.165) is 23.5 Å². The Bertz CT molecular complexity index is 397. The second kappa shape index (κ2) is 9.03. The number of nitrogens with one attached hydrogen (secondary N) is 1. The van der Waals surface area contributed by atoms with Crippen molar-refractivity contribution < 1.29 is 9.53 Å². The molecule has 4 heteroatoms. The average molecular weight is 295 g/mol. The van der Waals surface area contributed by atoms with E-state index in [4.69, 9.17) is 4.74 Å². The minimum atomic E-state index is -0.741. The normalized spacial score (nSPS) is 13.8. The minimum Gasteiger partial charge on any atom is -0.467 e. The van der Waals surface area contributed by atoms with Crippen LogP contribution >= 0.6 is 11.8 Å². The first kappa shape index (κ1) is 17.1. The Hall–Kier alpha value is -1.00. The summed E-state index contributed by atoms with van der Waals surface area (Å²) in [6.45, 7) is 2.19. The fourth-order valence-electron chi connectivity index (χ4n) is 2.21. The number of methoxy groups -OCH3 is 1. The van der Waals surface area contributed by atoms with Crippen LogP contribution in [-0.4, -0.2) is 31.6 Å². The largest absolute Gasteiger partial charge is 0.467 e. The van der Waals surface area contributed by atoms with Gasteiger partial charge in [-0.25, -0.2) is 4.79 Å². The highest BCUT2D eigenvalue weighted by Gasteiger charge is 2.39. The van der Waals surface area contributed by atoms with Crippen LogP contribution in [0.5, 0.6) is 0 Å². The number of thioether (sulfide) groups is 1. The maximum absolute atomic E-state index is 12.3. The minimum absolute atomic E-state index is 0.220. The van der Waals surface area contributed by atoms with Crippen molar-refractivity contribution in [1.29, 1.82) is 0 Å². The lowest BCUT2D eigenvalue weighted by molar-refractivity contribution is -0.149. The van der Waals surface area contributed by atoms with Gasteiger partial charge in [0.25, 0.3) is 0 Å². The Morgan fingerprint density at radius 3 is 2.55 bits per heavy atom. The van der Waals surface area contributed by atoms with Gasteiger partial charge in [-0.1, -0.05) is 43.7 Å². The first-order valence-electron chi connectivity index (χ1n) is 7.12. The van der Waals surface area contributed by atoms with Gasteiger partial charge >= 0.3 is 5.97 Å². The maximum atomic E-state index is 12.3. The molecule has 0 saturated carbocycles. The molecule has 20 heavy (non-hydrogen) atoms. The molecule has 0 saturated heterocycles. The molecule has 0 spiro atoms. The number of carbonyl (C=O) groups is 1. The Labute approximate surface area is 126 Å². The molecule has 1 unspecified atom stereocenters. The number of benzene rings is 1. The zero-order chi connectivity index (χ0) is 14.8. The van der Waals surface area contributed by atoms with Crippen LogP contribution in [0.3, 0.4) is 0 Å². The molecule has 0 aliphatic carbocycles. The molecule has 3 nitrogen and oxygen atoms in total. The van der Waals surface area contributed by atoms with Crippen molar-refractivity contribution in [2.75, 3.05) is 25.7 Å². The molecule has 112 valence electrons. The van der Waals surface area contributed by atoms with Gasteiger partial charge in [0, 0.05) is 0 Å². The van der Waals surface area contributed by atoms with E-state index < -0.39 is 5.54 Å². The van der Waals surface area contributed by atoms with E-state index in [1.165, 1.54) is 20.0 Å². The lowest BCUT2D eigenvalue weighted by Gasteiger charge is -2.31. The number of hydrogen-bond acceptors (Lipinski definition) is 4. The second-order valence-electron chi connectivity index (χ2n) is 4.73. The summed E-state index contributed by atoms with van der Waals surface area (Å²) < 4.78 is 5.03. The summed E-state index contributed by atoms with van der Waals surface area (Å²) in [4.78, 5) is 12.3. The summed E-state index contributed by atoms with van der Waals surface area (Å²) in [6.07, 6.45) is 3.16. The molecular formula is C16H25NO2S. The summed E-state index contributed by atoms with van der Waals surface area (Å²) in [6, 6.07) is 9.81. The predicted octanol–water partition coefficient (Wildman–Crippen LogP) is 3.20. The van der Waals surface area contributed by atoms with Crippen LogP contribution in [0.25, 0.3) is 0 Å². The maximum Gasteiger partial charge on any atom is 0.330 e. The summed E-state index contributed by atoms with van der Waals surface area (Å²) in [5, 5.41) is 3.19. The highest BCUT2D eigenvalue weighted by Crippen LogP contribution is 2.28. The van der Waals surface area contributed by atoms with Crippen LogP contribution in [0, 0.1) is 0 Å². The summed E-state index contributed by atoms with van der Waals surface area (Å²) in [5.41, 5.74) is 0.223. The second-order valence-corrected chi connectivity index (χ2v) is 5.95. The van der Waals surface area contributed by atoms with Gasteiger partial charge in [0.2, 0.25) is 0 Å². The van der Waals surface area contributed by atoms with E-state index in [0.29, 0.717) is 0 Å². The quantitative estimate of drug-likeness (QED) is 0.561. The van der Waals surface area contributed by atoms with E-state index in [9.17, 15) is 4.79 Å². The van der Waals surface area contributed by atoms with Crippen molar-refractivity contribution in [1.82, 2.24) is 5.32 Å². The van der Waals surface area contributed by atoms with Gasteiger partial charge < -0.3 is 10.1 Å². The van der Waals surface area contributed by atoms with Crippen molar-refractivity contribution in [2.45, 2.75) is 31.7 Å². The van der Waals surface area contributed by atoms with Gasteiger partial charge in [-0.15, -0.1) is 0 Å². The molecule has 1 N–H and O–H groups in total. The van der Waals surface area contributed by atoms with Crippen molar-refractivity contribution in [2.24, 2.45) is 0 Å². The number of likely N-dealkylation sites (N-methyl/N-ethyl adjacent to an activating group) is 1. The zero-order valence-corrected chi connectivity index (χ0v) is 13.5. The van der Waals surface area contributed by atoms with E-state index >= 15 is 0 Å². The van der Waals surface area contributed by atoms with E-state index in [1.807, 2.05) is 49.1 Å². The van der Waals surface area contributed by atoms with Crippen molar-refractivity contribution >= 4 is 17.7 Å². The van der Waals surface area contributed by atoms with E-state index in [1.54, 1.807) is 0 Å². The van der Waals surface area contributed by atoms with Crippen molar-refractivity contribution in [3.8, 4) is 0 Å². The number of hydrogen-bond donors (Lipinski definition) is 1. The molecule has 0 fully saturated rings. The first-order valence-corrected chi connectivity index (χ1v) is 8.27. The topological polar surface area (TPSA) is 38.3 Å². The van der Waals surface area contributed by atoms with Gasteiger partial charge in [0.15, 0.2) is 0 Å². The molecule has 0 aromatic heterocycles. The van der Waals surface area contributed by atoms with Crippen LogP contribution in [0.1, 0.15) is 31.7 Å². The standard InChI is InChI=1S/C16H25NO2S/c1-4-5-12-20-13-11-16(17-2,15(18)19-3)14-9-7-6-8-10-14/h6-10,17H,4-5,11-13H2,1-3H3. The lowest BCUT2D eigenvalue weighted by Crippen LogP contribution is -2.48. The van der Waals surface area contributed by atoms with E-state index in [-0.39, 0.29) is 5.97 Å². The smallest absolute Gasteiger partial charge is 0.330 e. The fourth-order valence-corrected chi connectivity index (χ4v) is 3.35. The molecule has 0 bridgehead atoms. The fraction of sp³-hybridized carbons (Fsp3) is 0.562. The monoisotopic (exact) mass is 295 g/mol. The number of carbonyl (C=O) groups excluding carboxylic acids is 1. The SMILES string of the molecule is CCCCSCCC(NC)(C(=O)OC)c1ccccc1. The average Bonchev–Trinajstić information content (AvgIpc) is 2.51. The first-order chi connectivity index (χ1) is 9.71. The highest BCUT2D eigenvalue weighted by atomic mass is 32.2. The summed E-state index contributed by atoms with van der Waals surface area (Å²) in [5.74, 6) is 1.86. The van der Waals surface area contributed by atoms with Crippen LogP contribution in [0.15, 0.2) is 30.3 Å². The summed E-state index contributed by atoms with van der Waals surface area (Å²) in [7, 11) is 3.27. The van der Waals surface area contributed by atoms with Gasteiger partial charge in [-0.2, -0.15) is 11.8 Å². The third kappa shape index (κ3) is 4.25. The zero-order valence-electron chi connectivity index (χ0n) is 12.6. The summed E-state index contributed by atoms with van der Waals surface area (Å²) >= 11 is 1.89. The van der Waals surface area contributed by atoms with E-state index in [2.05, 4.69) is 12.2 Å². The third-order valence-electron chi connectivity index (χ3n) is 3.49. The van der Waals surface area contributed by atoms with Crippen molar-refractivity contribution in [3.05, 3.63) is 35.9 Å². The molecule has 0 radical (unpaired) electrons. The molecule has 1 aromatic carbocycles. The number of rotatable bonds is 9. The Morgan fingerprint density at radius 2 is 2.00 bits per heavy atom. The van der Waals surface area contributed by atoms with Gasteiger partial charge in [-0.05, 0) is 37.0 Å². The molecule has 0 aliphatic rings. The predicted molar refractivity (Wildman–Crippen MR) is 86.0 cm³/mol. The van der Waals surface area contributed by atoms with Crippen LogP contribution in [0.4, 0.5) is 0 Å². The Balaban J connectivity index is 2.82. The van der Waals surface area contributed by atoms with Crippen LogP contribution in [-0.2, 0) is 15.1 Å². The van der Waals surface area contributed by atoms with Gasteiger partial charge in [0.05, 0.1) is 7.11 Å². The molecule has 0 heterocycles. The molecule has 1 aromatic rings. The molecule has 1 rings (SSSR count). The Morgan fingerprint density at radius 1 is 1.30 bits per heavy atom. The van der Waals surface area contributed by atoms with Gasteiger partial charge in [0.1, 0.15) is 5.54 Å². The van der Waals surface area contributed by atoms with Gasteiger partial charge in [-0.3, -0.25) is 0 Å². The molecular weight excluding hydrogens is 270 g/mol. The lowest BCUT2D eigenvalue weighted by atomic mass is 9.87. The molecule has 0 aliphatic heterocycles. The Kier molecular flexibility index (Phi) is 7.70. The third-order valence-corrected chi connectivity index (χ3v) is 4.56. The highest BCUT2D eigenvalue weighted by molar-refractivity contribution is 7.99. The number of ether oxygens (including phenoxy) is 1. The molecule has 0 amide bonds. The van der Waals surface area contributed by atoms with Crippen molar-refractivity contribution in [3.63, 3.8) is 0 Å².